The normalized spacial score (nSPS) is 14.0. The largest absolute Gasteiger partial charge is 0.371 e. The number of ketones is 3. The summed E-state index contributed by atoms with van der Waals surface area (Å²) in [5, 5.41) is 0. The van der Waals surface area contributed by atoms with E-state index in [9.17, 15) is 14.4 Å². The first-order valence-electron chi connectivity index (χ1n) is 7.75. The van der Waals surface area contributed by atoms with Crippen molar-refractivity contribution in [1.29, 1.82) is 0 Å². The molecule has 0 amide bonds. The SMILES string of the molecule is COC(C)(C)C(=O)c1ccc2c(c1)C(=O)C(=O)c1ccccc1C2. The quantitative estimate of drug-likeness (QED) is 0.643. The standard InChI is InChI=1S/C20H18O4/c1-20(2,24-3)19(23)14-9-8-13-10-12-6-4-5-7-15(12)17(21)18(22)16(13)11-14/h4-9,11H,10H2,1-3H3. The zero-order valence-corrected chi connectivity index (χ0v) is 13.9. The predicted molar refractivity (Wildman–Crippen MR) is 89.8 cm³/mol. The highest BCUT2D eigenvalue weighted by Crippen LogP contribution is 2.27. The van der Waals surface area contributed by atoms with Crippen LogP contribution in [0.25, 0.3) is 0 Å². The molecule has 1 aliphatic rings. The Balaban J connectivity index is 2.10. The first-order chi connectivity index (χ1) is 11.3. The molecule has 0 saturated carbocycles. The molecule has 4 heteroatoms. The van der Waals surface area contributed by atoms with Gasteiger partial charge in [0.15, 0.2) is 5.78 Å². The van der Waals surface area contributed by atoms with E-state index in [-0.39, 0.29) is 5.78 Å². The number of fused-ring (bicyclic) bond motifs is 2. The number of ether oxygens (including phenoxy) is 1. The van der Waals surface area contributed by atoms with Crippen LogP contribution >= 0.6 is 0 Å². The van der Waals surface area contributed by atoms with Crippen LogP contribution in [-0.4, -0.2) is 30.1 Å². The average molecular weight is 322 g/mol. The molecule has 2 aromatic rings. The summed E-state index contributed by atoms with van der Waals surface area (Å²) in [6.45, 7) is 3.34. The monoisotopic (exact) mass is 322 g/mol. The molecule has 2 aromatic carbocycles. The van der Waals surface area contributed by atoms with E-state index in [1.807, 2.05) is 12.1 Å². The van der Waals surface area contributed by atoms with Crippen LogP contribution in [0.4, 0.5) is 0 Å². The van der Waals surface area contributed by atoms with Gasteiger partial charge in [0.05, 0.1) is 0 Å². The van der Waals surface area contributed by atoms with Crippen molar-refractivity contribution in [2.75, 3.05) is 7.11 Å². The van der Waals surface area contributed by atoms with E-state index in [0.29, 0.717) is 23.1 Å². The number of carbonyl (C=O) groups excluding carboxylic acids is 3. The van der Waals surface area contributed by atoms with Gasteiger partial charge in [0.25, 0.3) is 0 Å². The maximum absolute atomic E-state index is 12.6. The maximum atomic E-state index is 12.6. The van der Waals surface area contributed by atoms with Crippen molar-refractivity contribution in [3.63, 3.8) is 0 Å². The van der Waals surface area contributed by atoms with Gasteiger partial charge >= 0.3 is 0 Å². The first-order valence-corrected chi connectivity index (χ1v) is 7.75. The third kappa shape index (κ3) is 2.59. The third-order valence-electron chi connectivity index (χ3n) is 4.52. The van der Waals surface area contributed by atoms with Gasteiger partial charge in [0.1, 0.15) is 5.60 Å². The second-order valence-electron chi connectivity index (χ2n) is 6.41. The van der Waals surface area contributed by atoms with Gasteiger partial charge in [-0.15, -0.1) is 0 Å². The highest BCUT2D eigenvalue weighted by atomic mass is 16.5. The summed E-state index contributed by atoms with van der Waals surface area (Å²) in [6.07, 6.45) is 0.491. The van der Waals surface area contributed by atoms with Crippen LogP contribution in [0.3, 0.4) is 0 Å². The number of hydrogen-bond acceptors (Lipinski definition) is 4. The van der Waals surface area contributed by atoms with E-state index in [1.54, 1.807) is 38.1 Å². The molecule has 0 unspecified atom stereocenters. The number of rotatable bonds is 3. The Kier molecular flexibility index (Phi) is 3.93. The van der Waals surface area contributed by atoms with Crippen molar-refractivity contribution >= 4 is 17.3 Å². The number of hydrogen-bond donors (Lipinski definition) is 0. The van der Waals surface area contributed by atoms with Crippen molar-refractivity contribution < 1.29 is 19.1 Å². The highest BCUT2D eigenvalue weighted by molar-refractivity contribution is 6.50. The molecule has 1 aliphatic carbocycles. The van der Waals surface area contributed by atoms with Crippen LogP contribution in [0.15, 0.2) is 42.5 Å². The molecule has 24 heavy (non-hydrogen) atoms. The summed E-state index contributed by atoms with van der Waals surface area (Å²) in [7, 11) is 1.46. The molecule has 122 valence electrons. The van der Waals surface area contributed by atoms with Gasteiger partial charge in [-0.1, -0.05) is 36.4 Å². The lowest BCUT2D eigenvalue weighted by Gasteiger charge is -2.21. The molecule has 0 fully saturated rings. The minimum absolute atomic E-state index is 0.227. The van der Waals surface area contributed by atoms with E-state index in [2.05, 4.69) is 0 Å². The lowest BCUT2D eigenvalue weighted by molar-refractivity contribution is 0.0228. The molecule has 0 radical (unpaired) electrons. The fourth-order valence-corrected chi connectivity index (χ4v) is 2.87. The van der Waals surface area contributed by atoms with Crippen molar-refractivity contribution in [3.8, 4) is 0 Å². The molecule has 0 heterocycles. The fraction of sp³-hybridized carbons (Fsp3) is 0.250. The van der Waals surface area contributed by atoms with Crippen molar-refractivity contribution in [3.05, 3.63) is 70.3 Å². The van der Waals surface area contributed by atoms with Gasteiger partial charge in [-0.05, 0) is 37.5 Å². The van der Waals surface area contributed by atoms with E-state index < -0.39 is 17.2 Å². The molecular weight excluding hydrogens is 304 g/mol. The lowest BCUT2D eigenvalue weighted by atomic mass is 9.91. The number of Topliss-reactive ketones (excluding diaryl/α,β-unsaturated/α-hetero) is 3. The molecule has 0 aliphatic heterocycles. The van der Waals surface area contributed by atoms with Gasteiger partial charge in [0, 0.05) is 23.8 Å². The molecule has 0 aromatic heterocycles. The predicted octanol–water partition coefficient (Wildman–Crippen LogP) is 3.26. The van der Waals surface area contributed by atoms with Crippen LogP contribution < -0.4 is 0 Å². The summed E-state index contributed by atoms with van der Waals surface area (Å²) in [5.41, 5.74) is 1.69. The van der Waals surface area contributed by atoms with Crippen LogP contribution in [-0.2, 0) is 11.2 Å². The maximum Gasteiger partial charge on any atom is 0.233 e. The smallest absolute Gasteiger partial charge is 0.233 e. The zero-order chi connectivity index (χ0) is 17.5. The third-order valence-corrected chi connectivity index (χ3v) is 4.52. The Morgan fingerprint density at radius 3 is 2.29 bits per heavy atom. The summed E-state index contributed by atoms with van der Waals surface area (Å²) in [4.78, 5) is 37.6. The van der Waals surface area contributed by atoms with E-state index in [1.165, 1.54) is 13.2 Å². The van der Waals surface area contributed by atoms with E-state index in [4.69, 9.17) is 4.74 Å². The van der Waals surface area contributed by atoms with Crippen LogP contribution in [0.1, 0.15) is 56.0 Å². The summed E-state index contributed by atoms with van der Waals surface area (Å²) < 4.78 is 5.22. The van der Waals surface area contributed by atoms with Gasteiger partial charge in [-0.3, -0.25) is 14.4 Å². The van der Waals surface area contributed by atoms with Crippen molar-refractivity contribution in [2.24, 2.45) is 0 Å². The number of methoxy groups -OCH3 is 1. The topological polar surface area (TPSA) is 60.4 Å². The van der Waals surface area contributed by atoms with Crippen LogP contribution in [0.5, 0.6) is 0 Å². The second-order valence-corrected chi connectivity index (χ2v) is 6.41. The molecule has 0 N–H and O–H groups in total. The Bertz CT molecular complexity index is 862. The molecule has 4 nitrogen and oxygen atoms in total. The summed E-state index contributed by atoms with van der Waals surface area (Å²) >= 11 is 0. The Hall–Kier alpha value is -2.59. The highest BCUT2D eigenvalue weighted by Gasteiger charge is 2.31. The minimum atomic E-state index is -0.991. The molecule has 0 saturated heterocycles. The summed E-state index contributed by atoms with van der Waals surface area (Å²) in [5.74, 6) is -1.32. The van der Waals surface area contributed by atoms with Gasteiger partial charge in [0.2, 0.25) is 11.6 Å². The van der Waals surface area contributed by atoms with E-state index in [0.717, 1.165) is 11.1 Å². The zero-order valence-electron chi connectivity index (χ0n) is 13.9. The van der Waals surface area contributed by atoms with Crippen LogP contribution in [0.2, 0.25) is 0 Å². The van der Waals surface area contributed by atoms with Gasteiger partial charge in [-0.2, -0.15) is 0 Å². The Morgan fingerprint density at radius 1 is 0.958 bits per heavy atom. The second kappa shape index (κ2) is 5.80. The molecule has 0 atom stereocenters. The van der Waals surface area contributed by atoms with Gasteiger partial charge < -0.3 is 4.74 Å². The molecule has 3 rings (SSSR count). The average Bonchev–Trinajstić information content (AvgIpc) is 2.70. The molecular formula is C20H18O4. The number of benzene rings is 2. The minimum Gasteiger partial charge on any atom is -0.371 e. The van der Waals surface area contributed by atoms with Crippen molar-refractivity contribution in [1.82, 2.24) is 0 Å². The fourth-order valence-electron chi connectivity index (χ4n) is 2.87. The number of carbonyl (C=O) groups is 3. The lowest BCUT2D eigenvalue weighted by Crippen LogP contribution is -2.34. The van der Waals surface area contributed by atoms with Gasteiger partial charge in [-0.25, -0.2) is 0 Å². The van der Waals surface area contributed by atoms with Crippen molar-refractivity contribution in [2.45, 2.75) is 25.9 Å². The molecule has 0 spiro atoms. The first kappa shape index (κ1) is 16.3. The van der Waals surface area contributed by atoms with E-state index >= 15 is 0 Å². The Morgan fingerprint density at radius 2 is 1.58 bits per heavy atom. The Labute approximate surface area is 140 Å². The molecule has 0 bridgehead atoms. The van der Waals surface area contributed by atoms with Crippen LogP contribution in [0, 0.1) is 0 Å². The summed E-state index contributed by atoms with van der Waals surface area (Å²) in [6, 6.07) is 12.1.